The standard InChI is InChI=1S/C29H32N4O4/c1-29(2,3)21-8-6-5-7-20(21)28(36)33-13-11-32(12-14-33)19-9-10-22-23(17-19)31-27(30-22)18-15-24(34)26(35)25(16-18)37-4/h5-10,15-17,34-35H,11-14H2,1-4H3,(H,30,31). The molecule has 0 bridgehead atoms. The van der Waals surface area contributed by atoms with Crippen LogP contribution in [0.2, 0.25) is 0 Å². The summed E-state index contributed by atoms with van der Waals surface area (Å²) in [5.74, 6) is 0.256. The van der Waals surface area contributed by atoms with Crippen molar-refractivity contribution in [3.8, 4) is 28.6 Å². The molecule has 2 heterocycles. The first kappa shape index (κ1) is 24.5. The minimum Gasteiger partial charge on any atom is -0.504 e. The van der Waals surface area contributed by atoms with Gasteiger partial charge in [-0.2, -0.15) is 0 Å². The van der Waals surface area contributed by atoms with Gasteiger partial charge in [-0.3, -0.25) is 4.79 Å². The van der Waals surface area contributed by atoms with E-state index < -0.39 is 0 Å². The number of nitrogens with zero attached hydrogens (tertiary/aromatic N) is 3. The van der Waals surface area contributed by atoms with Gasteiger partial charge >= 0.3 is 0 Å². The van der Waals surface area contributed by atoms with Gasteiger partial charge in [-0.25, -0.2) is 4.98 Å². The monoisotopic (exact) mass is 500 g/mol. The largest absolute Gasteiger partial charge is 0.504 e. The molecule has 1 fully saturated rings. The molecule has 192 valence electrons. The summed E-state index contributed by atoms with van der Waals surface area (Å²) >= 11 is 0. The number of carbonyl (C=O) groups is 1. The minimum absolute atomic E-state index is 0.0893. The van der Waals surface area contributed by atoms with Crippen molar-refractivity contribution >= 4 is 22.6 Å². The Bertz CT molecular complexity index is 1460. The van der Waals surface area contributed by atoms with E-state index in [4.69, 9.17) is 4.74 Å². The van der Waals surface area contributed by atoms with Gasteiger partial charge in [0.25, 0.3) is 5.91 Å². The number of ether oxygens (including phenoxy) is 1. The van der Waals surface area contributed by atoms with Crippen molar-refractivity contribution in [2.24, 2.45) is 0 Å². The number of anilines is 1. The zero-order valence-electron chi connectivity index (χ0n) is 21.6. The molecule has 0 saturated carbocycles. The van der Waals surface area contributed by atoms with Gasteiger partial charge in [0.1, 0.15) is 5.82 Å². The van der Waals surface area contributed by atoms with Crippen molar-refractivity contribution in [1.29, 1.82) is 0 Å². The number of rotatable bonds is 4. The van der Waals surface area contributed by atoms with Crippen LogP contribution in [0.15, 0.2) is 54.6 Å². The smallest absolute Gasteiger partial charge is 0.254 e. The number of methoxy groups -OCH3 is 1. The van der Waals surface area contributed by atoms with Gasteiger partial charge in [0.2, 0.25) is 5.75 Å². The number of amides is 1. The zero-order chi connectivity index (χ0) is 26.3. The maximum Gasteiger partial charge on any atom is 0.254 e. The summed E-state index contributed by atoms with van der Waals surface area (Å²) in [6, 6.07) is 17.0. The van der Waals surface area contributed by atoms with Crippen molar-refractivity contribution in [3.05, 3.63) is 65.7 Å². The van der Waals surface area contributed by atoms with E-state index in [0.29, 0.717) is 24.5 Å². The number of hydrogen-bond donors (Lipinski definition) is 3. The number of phenolic OH excluding ortho intramolecular Hbond substituents is 2. The van der Waals surface area contributed by atoms with E-state index in [1.165, 1.54) is 13.2 Å². The highest BCUT2D eigenvalue weighted by Crippen LogP contribution is 2.39. The Kier molecular flexibility index (Phi) is 6.19. The molecular weight excluding hydrogens is 468 g/mol. The number of piperazine rings is 1. The number of aromatic amines is 1. The predicted molar refractivity (Wildman–Crippen MR) is 145 cm³/mol. The van der Waals surface area contributed by atoms with Crippen LogP contribution in [-0.2, 0) is 5.41 Å². The summed E-state index contributed by atoms with van der Waals surface area (Å²) in [5, 5.41) is 20.0. The molecule has 1 aliphatic rings. The van der Waals surface area contributed by atoms with Crippen molar-refractivity contribution in [3.63, 3.8) is 0 Å². The van der Waals surface area contributed by atoms with Crippen LogP contribution in [0.5, 0.6) is 17.2 Å². The van der Waals surface area contributed by atoms with Crippen molar-refractivity contribution in [2.75, 3.05) is 38.2 Å². The zero-order valence-corrected chi connectivity index (χ0v) is 21.6. The van der Waals surface area contributed by atoms with E-state index in [1.54, 1.807) is 6.07 Å². The number of imidazole rings is 1. The number of carbonyl (C=O) groups excluding carboxylic acids is 1. The summed E-state index contributed by atoms with van der Waals surface area (Å²) in [6.07, 6.45) is 0. The van der Waals surface area contributed by atoms with Crippen LogP contribution in [0.1, 0.15) is 36.7 Å². The van der Waals surface area contributed by atoms with Crippen LogP contribution in [0.4, 0.5) is 5.69 Å². The van der Waals surface area contributed by atoms with Crippen LogP contribution in [0, 0.1) is 0 Å². The van der Waals surface area contributed by atoms with Gasteiger partial charge < -0.3 is 29.7 Å². The Morgan fingerprint density at radius 3 is 2.43 bits per heavy atom. The highest BCUT2D eigenvalue weighted by Gasteiger charge is 2.27. The lowest BCUT2D eigenvalue weighted by molar-refractivity contribution is 0.0744. The molecule has 1 saturated heterocycles. The molecule has 3 aromatic carbocycles. The molecule has 0 radical (unpaired) electrons. The van der Waals surface area contributed by atoms with Gasteiger partial charge in [-0.05, 0) is 47.4 Å². The molecule has 3 N–H and O–H groups in total. The van der Waals surface area contributed by atoms with E-state index >= 15 is 0 Å². The first-order valence-corrected chi connectivity index (χ1v) is 12.4. The number of nitrogens with one attached hydrogen (secondary N) is 1. The number of aromatic hydroxyl groups is 2. The molecule has 0 aliphatic carbocycles. The summed E-state index contributed by atoms with van der Waals surface area (Å²) in [7, 11) is 1.43. The van der Waals surface area contributed by atoms with E-state index in [0.717, 1.165) is 40.9 Å². The second kappa shape index (κ2) is 9.35. The topological polar surface area (TPSA) is 102 Å². The molecule has 0 unspecified atom stereocenters. The molecule has 1 aromatic heterocycles. The summed E-state index contributed by atoms with van der Waals surface area (Å²) in [4.78, 5) is 25.5. The van der Waals surface area contributed by atoms with Crippen molar-refractivity contribution in [2.45, 2.75) is 26.2 Å². The molecule has 0 spiro atoms. The first-order chi connectivity index (χ1) is 17.7. The normalized spacial score (nSPS) is 14.3. The quantitative estimate of drug-likeness (QED) is 0.344. The third-order valence-electron chi connectivity index (χ3n) is 6.91. The molecule has 8 heteroatoms. The molecule has 1 amide bonds. The fraction of sp³-hybridized carbons (Fsp3) is 0.310. The summed E-state index contributed by atoms with van der Waals surface area (Å²) < 4.78 is 5.15. The van der Waals surface area contributed by atoms with Crippen LogP contribution < -0.4 is 9.64 Å². The van der Waals surface area contributed by atoms with Crippen LogP contribution in [-0.4, -0.2) is 64.3 Å². The van der Waals surface area contributed by atoms with Gasteiger partial charge in [-0.1, -0.05) is 39.0 Å². The Labute approximate surface area is 216 Å². The number of phenols is 2. The minimum atomic E-state index is -0.302. The first-order valence-electron chi connectivity index (χ1n) is 12.4. The molecule has 8 nitrogen and oxygen atoms in total. The van der Waals surface area contributed by atoms with Gasteiger partial charge in [0.15, 0.2) is 11.5 Å². The molecule has 5 rings (SSSR count). The lowest BCUT2D eigenvalue weighted by Gasteiger charge is -2.37. The van der Waals surface area contributed by atoms with Gasteiger partial charge in [0, 0.05) is 43.0 Å². The number of fused-ring (bicyclic) bond motifs is 1. The third-order valence-corrected chi connectivity index (χ3v) is 6.91. The molecule has 0 atom stereocenters. The van der Waals surface area contributed by atoms with E-state index in [-0.39, 0.29) is 28.6 Å². The average Bonchev–Trinajstić information content (AvgIpc) is 3.33. The lowest BCUT2D eigenvalue weighted by Crippen LogP contribution is -2.49. The molecule has 1 aliphatic heterocycles. The molecular formula is C29H32N4O4. The number of benzene rings is 3. The Morgan fingerprint density at radius 2 is 1.73 bits per heavy atom. The Balaban J connectivity index is 1.33. The van der Waals surface area contributed by atoms with Gasteiger partial charge in [-0.15, -0.1) is 0 Å². The predicted octanol–water partition coefficient (Wildman–Crippen LogP) is 4.91. The summed E-state index contributed by atoms with van der Waals surface area (Å²) in [6.45, 7) is 9.17. The van der Waals surface area contributed by atoms with E-state index in [9.17, 15) is 15.0 Å². The third kappa shape index (κ3) is 4.67. The molecule has 37 heavy (non-hydrogen) atoms. The van der Waals surface area contributed by atoms with Crippen LogP contribution >= 0.6 is 0 Å². The molecule has 4 aromatic rings. The fourth-order valence-electron chi connectivity index (χ4n) is 4.88. The Morgan fingerprint density at radius 1 is 1.00 bits per heavy atom. The van der Waals surface area contributed by atoms with Crippen LogP contribution in [0.3, 0.4) is 0 Å². The second-order valence-electron chi connectivity index (χ2n) is 10.4. The number of aromatic nitrogens is 2. The highest BCUT2D eigenvalue weighted by molar-refractivity contribution is 5.96. The van der Waals surface area contributed by atoms with Crippen molar-refractivity contribution < 1.29 is 19.7 Å². The average molecular weight is 501 g/mol. The lowest BCUT2D eigenvalue weighted by atomic mass is 9.83. The van der Waals surface area contributed by atoms with Crippen LogP contribution in [0.25, 0.3) is 22.4 Å². The summed E-state index contributed by atoms with van der Waals surface area (Å²) in [5.41, 5.74) is 5.06. The maximum absolute atomic E-state index is 13.4. The highest BCUT2D eigenvalue weighted by atomic mass is 16.5. The second-order valence-corrected chi connectivity index (χ2v) is 10.4. The maximum atomic E-state index is 13.4. The Hall–Kier alpha value is -4.20. The number of hydrogen-bond acceptors (Lipinski definition) is 6. The van der Waals surface area contributed by atoms with Gasteiger partial charge in [0.05, 0.1) is 18.1 Å². The SMILES string of the molecule is COc1cc(-c2nc3ccc(N4CCN(C(=O)c5ccccc5C(C)(C)C)CC4)cc3[nH]2)cc(O)c1O. The fourth-order valence-corrected chi connectivity index (χ4v) is 4.88. The van der Waals surface area contributed by atoms with Crippen molar-refractivity contribution in [1.82, 2.24) is 14.9 Å². The van der Waals surface area contributed by atoms with E-state index in [1.807, 2.05) is 41.3 Å². The number of H-pyrrole nitrogens is 1. The van der Waals surface area contributed by atoms with E-state index in [2.05, 4.69) is 41.7 Å².